The maximum absolute atomic E-state index is 11.1. The summed E-state index contributed by atoms with van der Waals surface area (Å²) < 4.78 is 35.5. The van der Waals surface area contributed by atoms with Crippen molar-refractivity contribution in [1.82, 2.24) is 0 Å². The molecule has 1 aromatic heterocycles. The molecule has 0 saturated carbocycles. The fourth-order valence-electron chi connectivity index (χ4n) is 3.87. The normalized spacial score (nSPS) is 15.1. The summed E-state index contributed by atoms with van der Waals surface area (Å²) in [6, 6.07) is 16.4. The Hall–Kier alpha value is -2.06. The van der Waals surface area contributed by atoms with Crippen LogP contribution in [0.5, 0.6) is 0 Å². The smallest absolute Gasteiger partial charge is 0.212 e. The van der Waals surface area contributed by atoms with E-state index in [0.29, 0.717) is 11.6 Å². The molecular weight excluding hydrogens is 452 g/mol. The molecule has 5 nitrogen and oxygen atoms in total. The van der Waals surface area contributed by atoms with Gasteiger partial charge in [0.15, 0.2) is 0 Å². The van der Waals surface area contributed by atoms with Gasteiger partial charge in [-0.05, 0) is 50.6 Å². The summed E-state index contributed by atoms with van der Waals surface area (Å²) in [4.78, 5) is 3.11. The van der Waals surface area contributed by atoms with Crippen molar-refractivity contribution >= 4 is 56.1 Å². The van der Waals surface area contributed by atoms with Gasteiger partial charge in [0, 0.05) is 45.8 Å². The molecule has 0 aliphatic carbocycles. The van der Waals surface area contributed by atoms with Gasteiger partial charge in [0.25, 0.3) is 0 Å². The summed E-state index contributed by atoms with van der Waals surface area (Å²) in [6.45, 7) is 5.45. The number of hydrogen-bond donors (Lipinski definition) is 0. The Labute approximate surface area is 192 Å². The minimum Gasteiger partial charge on any atom is -0.748 e. The van der Waals surface area contributed by atoms with Gasteiger partial charge in [0.2, 0.25) is 11.2 Å². The Bertz CT molecular complexity index is 1290. The Kier molecular flexibility index (Phi) is 6.30. The standard InChI is InChI=1S/C23H23ClN2O3S2/c1-3-25-19(8-6-17-13-16(2)5-9-20(17)25)15-23-26(11-4-12-31(27,28)29)21-14-18(24)7-10-22(21)30-23/h5-10,13-15H,3-4,11-12H2,1-2H3. The molecule has 162 valence electrons. The summed E-state index contributed by atoms with van der Waals surface area (Å²) in [7, 11) is -4.25. The molecule has 0 N–H and O–H groups in total. The van der Waals surface area contributed by atoms with E-state index in [9.17, 15) is 13.0 Å². The summed E-state index contributed by atoms with van der Waals surface area (Å²) in [6.07, 6.45) is 2.37. The minimum absolute atomic E-state index is 0.250. The number of pyridine rings is 1. The van der Waals surface area contributed by atoms with Crippen molar-refractivity contribution in [2.45, 2.75) is 31.7 Å². The largest absolute Gasteiger partial charge is 0.748 e. The monoisotopic (exact) mass is 474 g/mol. The molecule has 0 amide bonds. The van der Waals surface area contributed by atoms with Crippen LogP contribution in [-0.2, 0) is 16.7 Å². The number of aromatic nitrogens is 1. The quantitative estimate of drug-likeness (QED) is 0.373. The predicted octanol–water partition coefficient (Wildman–Crippen LogP) is 4.96. The van der Waals surface area contributed by atoms with Crippen molar-refractivity contribution in [3.05, 3.63) is 69.8 Å². The number of nitrogens with zero attached hydrogens (tertiary/aromatic N) is 2. The summed E-state index contributed by atoms with van der Waals surface area (Å²) >= 11 is 7.84. The Morgan fingerprint density at radius 3 is 2.71 bits per heavy atom. The van der Waals surface area contributed by atoms with Crippen LogP contribution in [0.2, 0.25) is 5.02 Å². The van der Waals surface area contributed by atoms with E-state index < -0.39 is 10.1 Å². The Morgan fingerprint density at radius 1 is 1.16 bits per heavy atom. The highest BCUT2D eigenvalue weighted by Gasteiger charge is 2.27. The zero-order chi connectivity index (χ0) is 22.2. The second-order valence-corrected chi connectivity index (χ2v) is 10.6. The van der Waals surface area contributed by atoms with E-state index in [1.165, 1.54) is 10.9 Å². The summed E-state index contributed by atoms with van der Waals surface area (Å²) in [5, 5.41) is 2.79. The first-order chi connectivity index (χ1) is 14.7. The van der Waals surface area contributed by atoms with Gasteiger partial charge < -0.3 is 9.45 Å². The van der Waals surface area contributed by atoms with Gasteiger partial charge in [-0.25, -0.2) is 8.42 Å². The average molecular weight is 475 g/mol. The van der Waals surface area contributed by atoms with Crippen LogP contribution in [-0.4, -0.2) is 25.3 Å². The molecule has 0 spiro atoms. The molecule has 1 aliphatic heterocycles. The molecule has 0 bridgehead atoms. The van der Waals surface area contributed by atoms with Crippen LogP contribution in [0.3, 0.4) is 0 Å². The van der Waals surface area contributed by atoms with Crippen LogP contribution < -0.4 is 9.47 Å². The van der Waals surface area contributed by atoms with Gasteiger partial charge >= 0.3 is 0 Å². The highest BCUT2D eigenvalue weighted by molar-refractivity contribution is 8.03. The molecular formula is C23H23ClN2O3S2. The van der Waals surface area contributed by atoms with Crippen molar-refractivity contribution in [2.24, 2.45) is 0 Å². The van der Waals surface area contributed by atoms with Gasteiger partial charge in [0.1, 0.15) is 6.54 Å². The molecule has 0 radical (unpaired) electrons. The lowest BCUT2D eigenvalue weighted by molar-refractivity contribution is -0.669. The molecule has 0 atom stereocenters. The molecule has 0 unspecified atom stereocenters. The van der Waals surface area contributed by atoms with Crippen LogP contribution in [0.25, 0.3) is 17.0 Å². The first-order valence-electron chi connectivity index (χ1n) is 10.1. The lowest BCUT2D eigenvalue weighted by Gasteiger charge is -2.21. The lowest BCUT2D eigenvalue weighted by atomic mass is 10.1. The van der Waals surface area contributed by atoms with Crippen LogP contribution >= 0.6 is 23.4 Å². The van der Waals surface area contributed by atoms with Crippen LogP contribution in [0.15, 0.2) is 58.5 Å². The second kappa shape index (κ2) is 8.82. The van der Waals surface area contributed by atoms with Gasteiger partial charge in [-0.2, -0.15) is 4.57 Å². The van der Waals surface area contributed by atoms with Crippen LogP contribution in [0.4, 0.5) is 5.69 Å². The molecule has 31 heavy (non-hydrogen) atoms. The summed E-state index contributed by atoms with van der Waals surface area (Å²) in [5.41, 5.74) is 4.38. The third kappa shape index (κ3) is 4.90. The van der Waals surface area contributed by atoms with E-state index >= 15 is 0 Å². The number of benzene rings is 2. The number of rotatable bonds is 6. The highest BCUT2D eigenvalue weighted by Crippen LogP contribution is 2.47. The lowest BCUT2D eigenvalue weighted by Crippen LogP contribution is -2.37. The molecule has 2 aromatic carbocycles. The highest BCUT2D eigenvalue weighted by atomic mass is 35.5. The van der Waals surface area contributed by atoms with Gasteiger partial charge in [-0.15, -0.1) is 0 Å². The molecule has 3 aromatic rings. The number of aryl methyl sites for hydroxylation is 2. The number of hydrogen-bond acceptors (Lipinski definition) is 5. The molecule has 0 fully saturated rings. The van der Waals surface area contributed by atoms with E-state index in [0.717, 1.165) is 33.4 Å². The number of fused-ring (bicyclic) bond motifs is 2. The minimum atomic E-state index is -4.25. The summed E-state index contributed by atoms with van der Waals surface area (Å²) in [5.74, 6) is -0.387. The van der Waals surface area contributed by atoms with Crippen molar-refractivity contribution < 1.29 is 17.5 Å². The van der Waals surface area contributed by atoms with E-state index in [2.05, 4.69) is 59.7 Å². The maximum Gasteiger partial charge on any atom is 0.212 e. The first-order valence-corrected chi connectivity index (χ1v) is 12.9. The SMILES string of the molecule is CC[n+]1c(/C=C2/Sc3ccc(Cl)cc3N2CCCS(=O)(=O)[O-])ccc2cc(C)ccc21. The van der Waals surface area contributed by atoms with Gasteiger partial charge in [-0.1, -0.05) is 35.0 Å². The third-order valence-electron chi connectivity index (χ3n) is 5.28. The van der Waals surface area contributed by atoms with E-state index in [1.54, 1.807) is 11.8 Å². The molecule has 0 saturated heterocycles. The first kappa shape index (κ1) is 22.1. The maximum atomic E-state index is 11.1. The van der Waals surface area contributed by atoms with Crippen molar-refractivity contribution in [1.29, 1.82) is 0 Å². The zero-order valence-electron chi connectivity index (χ0n) is 17.3. The Balaban J connectivity index is 1.75. The topological polar surface area (TPSA) is 64.3 Å². The fourth-order valence-corrected chi connectivity index (χ4v) is 5.64. The van der Waals surface area contributed by atoms with Crippen molar-refractivity contribution in [2.75, 3.05) is 17.2 Å². The second-order valence-electron chi connectivity index (χ2n) is 7.53. The number of halogens is 1. The third-order valence-corrected chi connectivity index (χ3v) is 7.41. The van der Waals surface area contributed by atoms with Gasteiger partial charge in [-0.3, -0.25) is 0 Å². The zero-order valence-corrected chi connectivity index (χ0v) is 19.7. The molecule has 2 heterocycles. The van der Waals surface area contributed by atoms with E-state index in [4.69, 9.17) is 11.6 Å². The molecule has 8 heteroatoms. The molecule has 1 aliphatic rings. The number of anilines is 1. The number of thioether (sulfide) groups is 1. The predicted molar refractivity (Wildman–Crippen MR) is 126 cm³/mol. The fraction of sp³-hybridized carbons (Fsp3) is 0.261. The Morgan fingerprint density at radius 2 is 1.97 bits per heavy atom. The van der Waals surface area contributed by atoms with Crippen LogP contribution in [0, 0.1) is 6.92 Å². The van der Waals surface area contributed by atoms with Crippen molar-refractivity contribution in [3.63, 3.8) is 0 Å². The average Bonchev–Trinajstić information content (AvgIpc) is 3.03. The van der Waals surface area contributed by atoms with Crippen LogP contribution in [0.1, 0.15) is 24.6 Å². The van der Waals surface area contributed by atoms with Gasteiger partial charge in [0.05, 0.1) is 20.8 Å². The van der Waals surface area contributed by atoms with Crippen molar-refractivity contribution in [3.8, 4) is 0 Å². The van der Waals surface area contributed by atoms with E-state index in [1.807, 2.05) is 18.2 Å². The molecule has 4 rings (SSSR count). The van der Waals surface area contributed by atoms with E-state index in [-0.39, 0.29) is 12.2 Å².